The van der Waals surface area contributed by atoms with Crippen LogP contribution in [0.1, 0.15) is 49.6 Å². The Morgan fingerprint density at radius 2 is 2.21 bits per heavy atom. The van der Waals surface area contributed by atoms with Crippen molar-refractivity contribution in [1.29, 1.82) is 0 Å². The highest BCUT2D eigenvalue weighted by atomic mass is 16.1. The number of nitrogens with zero attached hydrogens (tertiary/aromatic N) is 1. The molecule has 0 aliphatic carbocycles. The van der Waals surface area contributed by atoms with E-state index in [1.807, 2.05) is 18.3 Å². The van der Waals surface area contributed by atoms with Gasteiger partial charge >= 0.3 is 0 Å². The number of nitrogens with one attached hydrogen (secondary N) is 2. The molecule has 1 saturated heterocycles. The normalized spacial score (nSPS) is 16.8. The van der Waals surface area contributed by atoms with Crippen LogP contribution in [0.2, 0.25) is 0 Å². The van der Waals surface area contributed by atoms with E-state index in [2.05, 4.69) is 29.0 Å². The maximum Gasteiger partial charge on any atom is 0.267 e. The van der Waals surface area contributed by atoms with Gasteiger partial charge in [-0.2, -0.15) is 0 Å². The van der Waals surface area contributed by atoms with E-state index >= 15 is 0 Å². The van der Waals surface area contributed by atoms with Crippen molar-refractivity contribution in [2.75, 3.05) is 19.6 Å². The van der Waals surface area contributed by atoms with Crippen molar-refractivity contribution in [3.63, 3.8) is 0 Å². The Bertz CT molecular complexity index is 405. The number of rotatable bonds is 5. The second-order valence-corrected chi connectivity index (χ2v) is 5.72. The quantitative estimate of drug-likeness (QED) is 0.855. The Kier molecular flexibility index (Phi) is 5.02. The van der Waals surface area contributed by atoms with Gasteiger partial charge in [-0.15, -0.1) is 0 Å². The summed E-state index contributed by atoms with van der Waals surface area (Å²) in [5, 5.41) is 6.38. The topological polar surface area (TPSA) is 46.1 Å². The van der Waals surface area contributed by atoms with Gasteiger partial charge in [-0.1, -0.05) is 13.8 Å². The lowest BCUT2D eigenvalue weighted by molar-refractivity contribution is 0.0939. The Morgan fingerprint density at radius 3 is 2.89 bits per heavy atom. The van der Waals surface area contributed by atoms with Gasteiger partial charge in [0.05, 0.1) is 0 Å². The van der Waals surface area contributed by atoms with E-state index in [4.69, 9.17) is 0 Å². The molecular formula is C15H25N3O. The lowest BCUT2D eigenvalue weighted by Gasteiger charge is -2.26. The van der Waals surface area contributed by atoms with Gasteiger partial charge in [-0.3, -0.25) is 4.79 Å². The Hall–Kier alpha value is -1.29. The van der Waals surface area contributed by atoms with E-state index in [1.54, 1.807) is 0 Å². The average molecular weight is 263 g/mol. The first-order valence-corrected chi connectivity index (χ1v) is 7.34. The molecule has 0 spiro atoms. The molecule has 1 aromatic heterocycles. The van der Waals surface area contributed by atoms with Crippen LogP contribution in [-0.2, 0) is 0 Å². The van der Waals surface area contributed by atoms with Gasteiger partial charge in [-0.25, -0.2) is 0 Å². The number of hydrogen-bond donors (Lipinski definition) is 2. The standard InChI is InChI=1S/C15H25N3O/c1-12(2)5-10-17-15(19)14-4-3-11-18(14)13-6-8-16-9-7-13/h3-4,11-13,16H,5-10H2,1-2H3,(H,17,19). The molecule has 2 rings (SSSR count). The van der Waals surface area contributed by atoms with Gasteiger partial charge in [0.1, 0.15) is 5.69 Å². The molecule has 2 heterocycles. The van der Waals surface area contributed by atoms with Crippen LogP contribution in [0, 0.1) is 5.92 Å². The van der Waals surface area contributed by atoms with Crippen LogP contribution >= 0.6 is 0 Å². The van der Waals surface area contributed by atoms with Gasteiger partial charge in [0, 0.05) is 18.8 Å². The Labute approximate surface area is 115 Å². The third kappa shape index (κ3) is 3.83. The summed E-state index contributed by atoms with van der Waals surface area (Å²) in [7, 11) is 0. The molecule has 4 heteroatoms. The largest absolute Gasteiger partial charge is 0.351 e. The van der Waals surface area contributed by atoms with E-state index in [9.17, 15) is 4.79 Å². The number of aromatic nitrogens is 1. The van der Waals surface area contributed by atoms with Crippen LogP contribution in [0.4, 0.5) is 0 Å². The van der Waals surface area contributed by atoms with E-state index in [0.717, 1.165) is 44.6 Å². The number of hydrogen-bond acceptors (Lipinski definition) is 2. The minimum Gasteiger partial charge on any atom is -0.351 e. The monoisotopic (exact) mass is 263 g/mol. The molecule has 0 saturated carbocycles. The zero-order chi connectivity index (χ0) is 13.7. The van der Waals surface area contributed by atoms with Gasteiger partial charge in [-0.05, 0) is 50.4 Å². The summed E-state index contributed by atoms with van der Waals surface area (Å²) in [5.74, 6) is 0.681. The van der Waals surface area contributed by atoms with Crippen LogP contribution in [0.15, 0.2) is 18.3 Å². The highest BCUT2D eigenvalue weighted by Crippen LogP contribution is 2.21. The molecule has 0 aromatic carbocycles. The molecule has 1 aliphatic rings. The number of carbonyl (C=O) groups excluding carboxylic acids is 1. The Balaban J connectivity index is 1.96. The predicted octanol–water partition coefficient (Wildman–Crippen LogP) is 2.19. The maximum atomic E-state index is 12.2. The van der Waals surface area contributed by atoms with E-state index in [-0.39, 0.29) is 5.91 Å². The fourth-order valence-electron chi connectivity index (χ4n) is 2.55. The molecule has 1 fully saturated rings. The fraction of sp³-hybridized carbons (Fsp3) is 0.667. The number of amides is 1. The molecule has 1 aromatic rings. The van der Waals surface area contributed by atoms with Crippen LogP contribution < -0.4 is 10.6 Å². The summed E-state index contributed by atoms with van der Waals surface area (Å²) in [6, 6.07) is 4.36. The van der Waals surface area contributed by atoms with Crippen molar-refractivity contribution >= 4 is 5.91 Å². The summed E-state index contributed by atoms with van der Waals surface area (Å²) >= 11 is 0. The molecular weight excluding hydrogens is 238 g/mol. The first kappa shape index (κ1) is 14.1. The second-order valence-electron chi connectivity index (χ2n) is 5.72. The summed E-state index contributed by atoms with van der Waals surface area (Å²) < 4.78 is 2.14. The van der Waals surface area contributed by atoms with Crippen molar-refractivity contribution in [2.45, 2.75) is 39.2 Å². The number of carbonyl (C=O) groups is 1. The molecule has 1 aliphatic heterocycles. The van der Waals surface area contributed by atoms with Gasteiger partial charge < -0.3 is 15.2 Å². The second kappa shape index (κ2) is 6.75. The molecule has 0 unspecified atom stereocenters. The first-order chi connectivity index (χ1) is 9.18. The molecule has 0 bridgehead atoms. The maximum absolute atomic E-state index is 12.2. The van der Waals surface area contributed by atoms with Crippen molar-refractivity contribution in [2.24, 2.45) is 5.92 Å². The third-order valence-electron chi connectivity index (χ3n) is 3.72. The van der Waals surface area contributed by atoms with Crippen LogP contribution in [-0.4, -0.2) is 30.1 Å². The van der Waals surface area contributed by atoms with Crippen molar-refractivity contribution in [3.8, 4) is 0 Å². The lowest BCUT2D eigenvalue weighted by Crippen LogP contribution is -2.32. The molecule has 4 nitrogen and oxygen atoms in total. The molecule has 1 amide bonds. The highest BCUT2D eigenvalue weighted by molar-refractivity contribution is 5.92. The minimum atomic E-state index is 0.0594. The molecule has 0 radical (unpaired) electrons. The molecule has 2 N–H and O–H groups in total. The number of piperidine rings is 1. The summed E-state index contributed by atoms with van der Waals surface area (Å²) in [4.78, 5) is 12.2. The first-order valence-electron chi connectivity index (χ1n) is 7.34. The third-order valence-corrected chi connectivity index (χ3v) is 3.72. The van der Waals surface area contributed by atoms with Gasteiger partial charge in [0.15, 0.2) is 0 Å². The van der Waals surface area contributed by atoms with Gasteiger partial charge in [0.2, 0.25) is 0 Å². The molecule has 19 heavy (non-hydrogen) atoms. The zero-order valence-corrected chi connectivity index (χ0v) is 12.0. The van der Waals surface area contributed by atoms with E-state index in [1.165, 1.54) is 0 Å². The zero-order valence-electron chi connectivity index (χ0n) is 12.0. The minimum absolute atomic E-state index is 0.0594. The van der Waals surface area contributed by atoms with Crippen molar-refractivity contribution in [3.05, 3.63) is 24.0 Å². The van der Waals surface area contributed by atoms with Crippen LogP contribution in [0.25, 0.3) is 0 Å². The summed E-state index contributed by atoms with van der Waals surface area (Å²) in [5.41, 5.74) is 0.802. The summed E-state index contributed by atoms with van der Waals surface area (Å²) in [6.45, 7) is 7.18. The van der Waals surface area contributed by atoms with E-state index in [0.29, 0.717) is 12.0 Å². The molecule has 0 atom stereocenters. The lowest BCUT2D eigenvalue weighted by atomic mass is 10.1. The average Bonchev–Trinajstić information content (AvgIpc) is 2.88. The van der Waals surface area contributed by atoms with Gasteiger partial charge in [0.25, 0.3) is 5.91 Å². The smallest absolute Gasteiger partial charge is 0.267 e. The van der Waals surface area contributed by atoms with Crippen molar-refractivity contribution in [1.82, 2.24) is 15.2 Å². The predicted molar refractivity (Wildman–Crippen MR) is 77.4 cm³/mol. The highest BCUT2D eigenvalue weighted by Gasteiger charge is 2.19. The molecule has 106 valence electrons. The fourth-order valence-corrected chi connectivity index (χ4v) is 2.55. The Morgan fingerprint density at radius 1 is 1.47 bits per heavy atom. The van der Waals surface area contributed by atoms with Crippen LogP contribution in [0.5, 0.6) is 0 Å². The van der Waals surface area contributed by atoms with Crippen molar-refractivity contribution < 1.29 is 4.79 Å². The summed E-state index contributed by atoms with van der Waals surface area (Å²) in [6.07, 6.45) is 5.26. The van der Waals surface area contributed by atoms with E-state index < -0.39 is 0 Å². The van der Waals surface area contributed by atoms with Crippen LogP contribution in [0.3, 0.4) is 0 Å². The SMILES string of the molecule is CC(C)CCNC(=O)c1cccn1C1CCNCC1.